The number of hydrogen-bond donors (Lipinski definition) is 0. The van der Waals surface area contributed by atoms with Crippen LogP contribution in [-0.2, 0) is 14.3 Å². The van der Waals surface area contributed by atoms with Crippen LogP contribution in [0.2, 0.25) is 0 Å². The second-order valence-corrected chi connectivity index (χ2v) is 10.6. The van der Waals surface area contributed by atoms with Gasteiger partial charge in [-0.05, 0) is 75.3 Å². The van der Waals surface area contributed by atoms with Gasteiger partial charge in [0.05, 0.1) is 6.04 Å². The van der Waals surface area contributed by atoms with Crippen LogP contribution in [0.4, 0.5) is 4.79 Å². The summed E-state index contributed by atoms with van der Waals surface area (Å²) in [5.41, 5.74) is 3.48. The Morgan fingerprint density at radius 3 is 2.50 bits per heavy atom. The van der Waals surface area contributed by atoms with Gasteiger partial charge in [0.2, 0.25) is 0 Å². The minimum atomic E-state index is -1.39. The molecule has 178 valence electrons. The summed E-state index contributed by atoms with van der Waals surface area (Å²) in [4.78, 5) is 34.3. The van der Waals surface area contributed by atoms with Gasteiger partial charge in [-0.25, -0.2) is 27.6 Å². The highest BCUT2D eigenvalue weighted by atomic mass is 16.6. The lowest BCUT2D eigenvalue weighted by Crippen LogP contribution is -2.51. The van der Waals surface area contributed by atoms with E-state index in [0.29, 0.717) is 6.42 Å². The summed E-state index contributed by atoms with van der Waals surface area (Å²) in [7, 11) is 0. The summed E-state index contributed by atoms with van der Waals surface area (Å²) >= 11 is 0. The molecule has 1 unspecified atom stereocenters. The first-order chi connectivity index (χ1) is 15.9. The third-order valence-corrected chi connectivity index (χ3v) is 7.33. The number of nitrogens with zero attached hydrogens (tertiary/aromatic N) is 3. The topological polar surface area (TPSA) is 64.6 Å². The number of esters is 1. The molecule has 2 aliphatic carbocycles. The van der Waals surface area contributed by atoms with Crippen molar-refractivity contribution in [3.05, 3.63) is 68.9 Å². The largest absolute Gasteiger partial charge is 0.510 e. The predicted octanol–water partition coefficient (Wildman–Crippen LogP) is 5.39. The molecule has 1 fully saturated rings. The van der Waals surface area contributed by atoms with Crippen molar-refractivity contribution >= 4 is 12.1 Å². The molecule has 4 aliphatic rings. The van der Waals surface area contributed by atoms with E-state index < -0.39 is 11.3 Å². The second kappa shape index (κ2) is 8.17. The van der Waals surface area contributed by atoms with E-state index in [2.05, 4.69) is 16.3 Å². The lowest BCUT2D eigenvalue weighted by molar-refractivity contribution is -0.139. The number of rotatable bonds is 2. The van der Waals surface area contributed by atoms with Crippen LogP contribution < -0.4 is 0 Å². The summed E-state index contributed by atoms with van der Waals surface area (Å²) in [6.07, 6.45) is 4.03. The Balaban J connectivity index is 1.87. The van der Waals surface area contributed by atoms with Crippen molar-refractivity contribution in [2.45, 2.75) is 83.6 Å². The van der Waals surface area contributed by atoms with Crippen LogP contribution in [-0.4, -0.2) is 46.9 Å². The quantitative estimate of drug-likeness (QED) is 0.314. The van der Waals surface area contributed by atoms with E-state index in [9.17, 15) is 9.59 Å². The Labute approximate surface area is 201 Å². The molecule has 3 atom stereocenters. The van der Waals surface area contributed by atoms with Gasteiger partial charge < -0.3 is 9.47 Å². The van der Waals surface area contributed by atoms with Crippen molar-refractivity contribution in [2.24, 2.45) is 5.92 Å². The van der Waals surface area contributed by atoms with E-state index >= 15 is 0 Å². The Hall–Kier alpha value is -3.32. The van der Waals surface area contributed by atoms with E-state index in [0.717, 1.165) is 46.3 Å². The molecule has 4 rings (SSSR count). The van der Waals surface area contributed by atoms with Crippen LogP contribution in [0.5, 0.6) is 0 Å². The molecule has 1 saturated heterocycles. The SMILES string of the molecule is [C-]#[N+]C1([N+]#[C-])CC2=C(COC(C)=O)C(=C)CC2=C(C)[C@@H]2C1=C[C@H]1CCC2N1C(=O)OC(C)(C)C. The fourth-order valence-electron chi connectivity index (χ4n) is 5.91. The highest BCUT2D eigenvalue weighted by Crippen LogP contribution is 2.55. The summed E-state index contributed by atoms with van der Waals surface area (Å²) in [5, 5.41) is 0. The number of fused-ring (bicyclic) bond motifs is 5. The second-order valence-electron chi connectivity index (χ2n) is 10.6. The monoisotopic (exact) mass is 461 g/mol. The van der Waals surface area contributed by atoms with Gasteiger partial charge in [0, 0.05) is 18.9 Å². The minimum Gasteiger partial charge on any atom is -0.461 e. The number of amides is 1. The van der Waals surface area contributed by atoms with Gasteiger partial charge in [-0.2, -0.15) is 0 Å². The van der Waals surface area contributed by atoms with Crippen LogP contribution in [0, 0.1) is 19.1 Å². The summed E-state index contributed by atoms with van der Waals surface area (Å²) < 4.78 is 11.0. The zero-order valence-electron chi connectivity index (χ0n) is 20.5. The molecular formula is C27H31N3O4. The van der Waals surface area contributed by atoms with Crippen molar-refractivity contribution < 1.29 is 19.1 Å². The molecule has 0 radical (unpaired) electrons. The molecule has 0 N–H and O–H groups in total. The summed E-state index contributed by atoms with van der Waals surface area (Å²) in [6, 6.07) is -0.352. The molecule has 2 heterocycles. The van der Waals surface area contributed by atoms with E-state index in [4.69, 9.17) is 22.6 Å². The maximum absolute atomic E-state index is 13.2. The van der Waals surface area contributed by atoms with Gasteiger partial charge in [0.25, 0.3) is 0 Å². The van der Waals surface area contributed by atoms with Crippen molar-refractivity contribution in [2.75, 3.05) is 6.61 Å². The van der Waals surface area contributed by atoms with Gasteiger partial charge in [-0.1, -0.05) is 12.2 Å². The smallest absolute Gasteiger partial charge is 0.461 e. The van der Waals surface area contributed by atoms with Gasteiger partial charge in [0.1, 0.15) is 24.2 Å². The molecule has 0 saturated carbocycles. The molecule has 0 aromatic carbocycles. The molecule has 34 heavy (non-hydrogen) atoms. The molecule has 2 aliphatic heterocycles. The predicted molar refractivity (Wildman–Crippen MR) is 127 cm³/mol. The number of hydrogen-bond acceptors (Lipinski definition) is 4. The number of carbonyl (C=O) groups is 2. The van der Waals surface area contributed by atoms with Crippen molar-refractivity contribution in [3.8, 4) is 0 Å². The number of allylic oxidation sites excluding steroid dienone is 1. The minimum absolute atomic E-state index is 0.0894. The molecule has 0 spiro atoms. The fourth-order valence-corrected chi connectivity index (χ4v) is 5.91. The zero-order chi connectivity index (χ0) is 25.0. The van der Waals surface area contributed by atoms with Gasteiger partial charge in [-0.3, -0.25) is 9.69 Å². The number of ether oxygens (including phenoxy) is 2. The van der Waals surface area contributed by atoms with E-state index in [1.54, 1.807) is 0 Å². The highest BCUT2D eigenvalue weighted by molar-refractivity contribution is 5.72. The average molecular weight is 462 g/mol. The van der Waals surface area contributed by atoms with Crippen molar-refractivity contribution in [1.29, 1.82) is 0 Å². The molecule has 1 amide bonds. The van der Waals surface area contributed by atoms with Crippen LogP contribution in [0.15, 0.2) is 46.1 Å². The first-order valence-corrected chi connectivity index (χ1v) is 11.7. The first kappa shape index (κ1) is 23.8. The van der Waals surface area contributed by atoms with Crippen LogP contribution >= 0.6 is 0 Å². The third kappa shape index (κ3) is 3.74. The maximum Gasteiger partial charge on any atom is 0.510 e. The highest BCUT2D eigenvalue weighted by Gasteiger charge is 2.62. The van der Waals surface area contributed by atoms with E-state index in [-0.39, 0.29) is 43.1 Å². The fraction of sp³-hybridized carbons (Fsp3) is 0.556. The van der Waals surface area contributed by atoms with E-state index in [1.807, 2.05) is 38.7 Å². The van der Waals surface area contributed by atoms with E-state index in [1.165, 1.54) is 6.92 Å². The number of carbonyl (C=O) groups excluding carboxylic acids is 2. The first-order valence-electron chi connectivity index (χ1n) is 11.7. The van der Waals surface area contributed by atoms with Crippen LogP contribution in [0.1, 0.15) is 60.3 Å². The molecule has 7 heteroatoms. The average Bonchev–Trinajstić information content (AvgIpc) is 3.20. The van der Waals surface area contributed by atoms with Crippen molar-refractivity contribution in [3.63, 3.8) is 0 Å². The Kier molecular flexibility index (Phi) is 5.72. The zero-order valence-corrected chi connectivity index (χ0v) is 20.5. The molecule has 0 aromatic rings. The molecule has 0 aromatic heterocycles. The van der Waals surface area contributed by atoms with Gasteiger partial charge in [-0.15, -0.1) is 0 Å². The maximum atomic E-state index is 13.2. The lowest BCUT2D eigenvalue weighted by Gasteiger charge is -2.40. The van der Waals surface area contributed by atoms with Crippen LogP contribution in [0.3, 0.4) is 0 Å². The summed E-state index contributed by atoms with van der Waals surface area (Å²) in [5.74, 6) is -0.616. The van der Waals surface area contributed by atoms with Crippen molar-refractivity contribution in [1.82, 2.24) is 4.90 Å². The van der Waals surface area contributed by atoms with Gasteiger partial charge in [0.15, 0.2) is 0 Å². The molecule has 7 nitrogen and oxygen atoms in total. The van der Waals surface area contributed by atoms with Gasteiger partial charge >= 0.3 is 17.7 Å². The Morgan fingerprint density at radius 2 is 1.91 bits per heavy atom. The van der Waals surface area contributed by atoms with Crippen LogP contribution in [0.25, 0.3) is 9.69 Å². The molecule has 2 bridgehead atoms. The normalized spacial score (nSPS) is 27.3. The molecular weight excluding hydrogens is 430 g/mol. The standard InChI is InChI=1S/C27H31N3O4/c1-15-11-19-16(2)24-22(12-18-9-10-23(24)30(18)25(32)34-26(4,5)6)27(28-7,29-8)13-20(19)21(15)14-33-17(3)31/h12,18,23-24H,1,9-11,13-14H2,2-6H3/t18-,23?,24-/m1/s1. The Morgan fingerprint density at radius 1 is 1.24 bits per heavy atom. The summed E-state index contributed by atoms with van der Waals surface area (Å²) in [6.45, 7) is 29.4. The lowest BCUT2D eigenvalue weighted by atomic mass is 9.77. The Bertz CT molecular complexity index is 1140. The third-order valence-electron chi connectivity index (χ3n) is 7.33.